The van der Waals surface area contributed by atoms with Crippen molar-refractivity contribution < 1.29 is 14.6 Å². The number of thiophene rings is 1. The van der Waals surface area contributed by atoms with Gasteiger partial charge in [-0.1, -0.05) is 13.3 Å². The molecule has 0 saturated heterocycles. The number of ether oxygens (including phenoxy) is 1. The number of nitrogens with zero attached hydrogens (tertiary/aromatic N) is 3. The van der Waals surface area contributed by atoms with Crippen LogP contribution < -0.4 is 4.74 Å². The molecule has 0 radical (unpaired) electrons. The van der Waals surface area contributed by atoms with Gasteiger partial charge in [-0.3, -0.25) is 4.68 Å². The summed E-state index contributed by atoms with van der Waals surface area (Å²) in [7, 11) is 1.76. The normalized spacial score (nSPS) is 10.6. The summed E-state index contributed by atoms with van der Waals surface area (Å²) in [4.78, 5) is 16.5. The van der Waals surface area contributed by atoms with Crippen LogP contribution in [0.4, 0.5) is 0 Å². The summed E-state index contributed by atoms with van der Waals surface area (Å²) in [6.07, 6.45) is 3.27. The van der Waals surface area contributed by atoms with Crippen LogP contribution >= 0.6 is 11.3 Å². The number of rotatable bonds is 6. The second kappa shape index (κ2) is 5.83. The Balaban J connectivity index is 2.14. The monoisotopic (exact) mass is 281 g/mol. The van der Waals surface area contributed by atoms with Gasteiger partial charge in [0.15, 0.2) is 10.7 Å². The van der Waals surface area contributed by atoms with Gasteiger partial charge in [-0.2, -0.15) is 5.10 Å². The number of aromatic carboxylic acids is 1. The SMILES string of the molecule is CCCc1cc(OCc2ncnn2C)c(C(=O)O)s1. The third-order valence-electron chi connectivity index (χ3n) is 2.60. The summed E-state index contributed by atoms with van der Waals surface area (Å²) in [5, 5.41) is 13.1. The van der Waals surface area contributed by atoms with Crippen LogP contribution in [0, 0.1) is 0 Å². The molecule has 0 unspecified atom stereocenters. The van der Waals surface area contributed by atoms with Crippen molar-refractivity contribution in [2.24, 2.45) is 7.05 Å². The summed E-state index contributed by atoms with van der Waals surface area (Å²) >= 11 is 1.27. The number of aromatic nitrogens is 3. The van der Waals surface area contributed by atoms with Gasteiger partial charge in [-0.05, 0) is 12.5 Å². The van der Waals surface area contributed by atoms with E-state index in [1.165, 1.54) is 17.7 Å². The fourth-order valence-corrected chi connectivity index (χ4v) is 2.68. The molecule has 7 heteroatoms. The van der Waals surface area contributed by atoms with E-state index in [1.807, 2.05) is 0 Å². The van der Waals surface area contributed by atoms with E-state index in [-0.39, 0.29) is 11.5 Å². The number of carboxylic acid groups (broad SMARTS) is 1. The maximum Gasteiger partial charge on any atom is 0.349 e. The van der Waals surface area contributed by atoms with Crippen LogP contribution in [0.3, 0.4) is 0 Å². The van der Waals surface area contributed by atoms with Gasteiger partial charge in [0.25, 0.3) is 0 Å². The van der Waals surface area contributed by atoms with Crippen molar-refractivity contribution in [3.05, 3.63) is 28.0 Å². The number of carbonyl (C=O) groups is 1. The van der Waals surface area contributed by atoms with Crippen molar-refractivity contribution in [2.45, 2.75) is 26.4 Å². The first kappa shape index (κ1) is 13.5. The highest BCUT2D eigenvalue weighted by Crippen LogP contribution is 2.30. The van der Waals surface area contributed by atoms with Crippen LogP contribution in [0.1, 0.15) is 33.7 Å². The van der Waals surface area contributed by atoms with E-state index in [0.29, 0.717) is 11.6 Å². The molecule has 2 heterocycles. The Kier molecular flexibility index (Phi) is 4.16. The largest absolute Gasteiger partial charge is 0.484 e. The van der Waals surface area contributed by atoms with Crippen molar-refractivity contribution in [3.8, 4) is 5.75 Å². The molecule has 2 aromatic rings. The number of carboxylic acids is 1. The van der Waals surface area contributed by atoms with E-state index in [9.17, 15) is 4.79 Å². The Hall–Kier alpha value is -1.89. The molecular weight excluding hydrogens is 266 g/mol. The van der Waals surface area contributed by atoms with Gasteiger partial charge in [0.1, 0.15) is 18.7 Å². The van der Waals surface area contributed by atoms with Crippen LogP contribution in [0.5, 0.6) is 5.75 Å². The fraction of sp³-hybridized carbons (Fsp3) is 0.417. The minimum atomic E-state index is -0.958. The van der Waals surface area contributed by atoms with Gasteiger partial charge in [0.05, 0.1) is 0 Å². The summed E-state index contributed by atoms with van der Waals surface area (Å²) < 4.78 is 7.15. The van der Waals surface area contributed by atoms with Gasteiger partial charge < -0.3 is 9.84 Å². The highest BCUT2D eigenvalue weighted by molar-refractivity contribution is 7.14. The second-order valence-electron chi connectivity index (χ2n) is 4.05. The average Bonchev–Trinajstić information content (AvgIpc) is 2.94. The fourth-order valence-electron chi connectivity index (χ4n) is 1.64. The van der Waals surface area contributed by atoms with Gasteiger partial charge in [0, 0.05) is 11.9 Å². The zero-order valence-corrected chi connectivity index (χ0v) is 11.6. The molecule has 2 aromatic heterocycles. The molecule has 102 valence electrons. The van der Waals surface area contributed by atoms with Crippen molar-refractivity contribution in [1.29, 1.82) is 0 Å². The van der Waals surface area contributed by atoms with Gasteiger partial charge in [-0.25, -0.2) is 9.78 Å². The second-order valence-corrected chi connectivity index (χ2v) is 5.19. The van der Waals surface area contributed by atoms with E-state index in [0.717, 1.165) is 17.7 Å². The molecule has 0 amide bonds. The lowest BCUT2D eigenvalue weighted by Crippen LogP contribution is -2.05. The van der Waals surface area contributed by atoms with Crippen LogP contribution in [-0.4, -0.2) is 25.8 Å². The molecule has 0 aromatic carbocycles. The zero-order chi connectivity index (χ0) is 13.8. The lowest BCUT2D eigenvalue weighted by molar-refractivity contribution is 0.0697. The molecule has 0 aliphatic carbocycles. The lowest BCUT2D eigenvalue weighted by Gasteiger charge is -2.04. The standard InChI is InChI=1S/C12H15N3O3S/c1-3-4-8-5-9(11(19-8)12(16)17)18-6-10-13-7-14-15(10)2/h5,7H,3-4,6H2,1-2H3,(H,16,17). The minimum absolute atomic E-state index is 0.207. The Bertz CT molecular complexity index is 577. The first-order chi connectivity index (χ1) is 9.11. The quantitative estimate of drug-likeness (QED) is 0.877. The Morgan fingerprint density at radius 2 is 2.37 bits per heavy atom. The first-order valence-corrected chi connectivity index (χ1v) is 6.75. The number of hydrogen-bond acceptors (Lipinski definition) is 5. The maximum absolute atomic E-state index is 11.2. The smallest absolute Gasteiger partial charge is 0.349 e. The van der Waals surface area contributed by atoms with Gasteiger partial charge >= 0.3 is 5.97 Å². The highest BCUT2D eigenvalue weighted by Gasteiger charge is 2.17. The van der Waals surface area contributed by atoms with E-state index < -0.39 is 5.97 Å². The molecule has 19 heavy (non-hydrogen) atoms. The third kappa shape index (κ3) is 3.11. The topological polar surface area (TPSA) is 77.2 Å². The van der Waals surface area contributed by atoms with Crippen molar-refractivity contribution in [3.63, 3.8) is 0 Å². The lowest BCUT2D eigenvalue weighted by atomic mass is 10.3. The van der Waals surface area contributed by atoms with E-state index in [2.05, 4.69) is 17.0 Å². The van der Waals surface area contributed by atoms with Gasteiger partial charge in [0.2, 0.25) is 0 Å². The first-order valence-electron chi connectivity index (χ1n) is 5.93. The number of hydrogen-bond donors (Lipinski definition) is 1. The molecule has 2 rings (SSSR count). The summed E-state index contributed by atoms with van der Waals surface area (Å²) in [5.74, 6) is 0.101. The van der Waals surface area contributed by atoms with E-state index in [4.69, 9.17) is 9.84 Å². The van der Waals surface area contributed by atoms with Crippen molar-refractivity contribution >= 4 is 17.3 Å². The predicted molar refractivity (Wildman–Crippen MR) is 70.6 cm³/mol. The molecule has 0 fully saturated rings. The van der Waals surface area contributed by atoms with E-state index >= 15 is 0 Å². The van der Waals surface area contributed by atoms with Crippen LogP contribution in [0.2, 0.25) is 0 Å². The van der Waals surface area contributed by atoms with Crippen LogP contribution in [-0.2, 0) is 20.1 Å². The van der Waals surface area contributed by atoms with Crippen LogP contribution in [0.15, 0.2) is 12.4 Å². The van der Waals surface area contributed by atoms with Crippen molar-refractivity contribution in [2.75, 3.05) is 0 Å². The van der Waals surface area contributed by atoms with Crippen LogP contribution in [0.25, 0.3) is 0 Å². The summed E-state index contributed by atoms with van der Waals surface area (Å²) in [5.41, 5.74) is 0. The Morgan fingerprint density at radius 3 is 2.95 bits per heavy atom. The van der Waals surface area contributed by atoms with Crippen molar-refractivity contribution in [1.82, 2.24) is 14.8 Å². The molecule has 0 spiro atoms. The Labute approximate surface area is 114 Å². The highest BCUT2D eigenvalue weighted by atomic mass is 32.1. The molecule has 1 N–H and O–H groups in total. The predicted octanol–water partition coefficient (Wildman–Crippen LogP) is 2.11. The maximum atomic E-state index is 11.2. The molecule has 0 aliphatic rings. The molecule has 6 nitrogen and oxygen atoms in total. The molecule has 0 aliphatic heterocycles. The van der Waals surface area contributed by atoms with Gasteiger partial charge in [-0.15, -0.1) is 11.3 Å². The average molecular weight is 281 g/mol. The Morgan fingerprint density at radius 1 is 1.58 bits per heavy atom. The summed E-state index contributed by atoms with van der Waals surface area (Å²) in [6.45, 7) is 2.26. The minimum Gasteiger partial charge on any atom is -0.484 e. The molecule has 0 bridgehead atoms. The molecular formula is C12H15N3O3S. The van der Waals surface area contributed by atoms with E-state index in [1.54, 1.807) is 17.8 Å². The molecule has 0 saturated carbocycles. The number of aryl methyl sites for hydroxylation is 2. The zero-order valence-electron chi connectivity index (χ0n) is 10.8. The summed E-state index contributed by atoms with van der Waals surface area (Å²) in [6, 6.07) is 1.80. The third-order valence-corrected chi connectivity index (χ3v) is 3.77. The molecule has 0 atom stereocenters.